The third kappa shape index (κ3) is 6.03. The van der Waals surface area contributed by atoms with Crippen LogP contribution in [0.2, 0.25) is 0 Å². The number of amides is 1. The Morgan fingerprint density at radius 2 is 1.97 bits per heavy atom. The molecule has 1 aliphatic rings. The Kier molecular flexibility index (Phi) is 6.19. The number of carbonyl (C=O) groups is 2. The summed E-state index contributed by atoms with van der Waals surface area (Å²) in [7, 11) is -0.929. The molecule has 0 atom stereocenters. The Balaban J connectivity index is 1.71. The van der Waals surface area contributed by atoms with Gasteiger partial charge in [0.25, 0.3) is 0 Å². The Hall–Kier alpha value is -3.86. The van der Waals surface area contributed by atoms with Crippen LogP contribution in [0.15, 0.2) is 47.2 Å². The zero-order valence-corrected chi connectivity index (χ0v) is 20.9. The van der Waals surface area contributed by atoms with Crippen molar-refractivity contribution in [2.24, 2.45) is 10.3 Å². The molecule has 36 heavy (non-hydrogen) atoms. The van der Waals surface area contributed by atoms with Crippen molar-refractivity contribution in [1.29, 1.82) is 0 Å². The van der Waals surface area contributed by atoms with Gasteiger partial charge < -0.3 is 15.4 Å². The van der Waals surface area contributed by atoms with Gasteiger partial charge in [0.2, 0.25) is 5.91 Å². The molecule has 0 saturated heterocycles. The number of nitrogens with one attached hydrogen (secondary N) is 2. The molecule has 188 valence electrons. The molecule has 1 saturated carbocycles. The number of anilines is 3. The summed E-state index contributed by atoms with van der Waals surface area (Å²) in [5.41, 5.74) is 1.78. The van der Waals surface area contributed by atoms with Crippen LogP contribution in [0, 0.1) is 5.92 Å². The van der Waals surface area contributed by atoms with Gasteiger partial charge >= 0.3 is 0 Å². The van der Waals surface area contributed by atoms with Crippen molar-refractivity contribution in [3.8, 4) is 17.0 Å². The van der Waals surface area contributed by atoms with Crippen LogP contribution in [-0.4, -0.2) is 50.5 Å². The molecular weight excluding hydrogens is 480 g/mol. The van der Waals surface area contributed by atoms with Crippen LogP contribution in [0.4, 0.5) is 23.0 Å². The summed E-state index contributed by atoms with van der Waals surface area (Å²) in [6.07, 6.45) is 8.08. The number of rotatable bonds is 9. The number of benzene rings is 1. The standard InChI is InChI=1S/C25H28N6O4S/c1-5-21(32)17-12-27-22(30-25(33)15-9-10-15)11-19(17)29-18-8-6-7-16(24(18)35-2)20-13-28-23(14-26-20)31-36(3,4)34/h6-8,11-15H,5,9-10H2,1-4H3,(H2,27,29,30,33)/i1D3. The molecule has 0 unspecified atom stereocenters. The lowest BCUT2D eigenvalue weighted by atomic mass is 10.1. The number of pyridine rings is 1. The van der Waals surface area contributed by atoms with E-state index in [1.54, 1.807) is 18.2 Å². The smallest absolute Gasteiger partial charge is 0.228 e. The van der Waals surface area contributed by atoms with E-state index >= 15 is 0 Å². The molecule has 1 aromatic carbocycles. The lowest BCUT2D eigenvalue weighted by molar-refractivity contribution is -0.117. The van der Waals surface area contributed by atoms with Crippen LogP contribution < -0.4 is 15.4 Å². The number of ether oxygens (including phenoxy) is 1. The highest BCUT2D eigenvalue weighted by molar-refractivity contribution is 7.92. The number of nitrogens with zero attached hydrogens (tertiary/aromatic N) is 4. The maximum absolute atomic E-state index is 12.9. The van der Waals surface area contributed by atoms with E-state index in [4.69, 9.17) is 8.85 Å². The fraction of sp³-hybridized carbons (Fsp3) is 0.320. The van der Waals surface area contributed by atoms with Crippen molar-refractivity contribution in [3.05, 3.63) is 48.4 Å². The average molecular weight is 512 g/mol. The number of aromatic nitrogens is 3. The summed E-state index contributed by atoms with van der Waals surface area (Å²) >= 11 is 0. The Morgan fingerprint density at radius 1 is 1.17 bits per heavy atom. The third-order valence-electron chi connectivity index (χ3n) is 5.28. The minimum atomic E-state index is -2.47. The highest BCUT2D eigenvalue weighted by Gasteiger charge is 2.30. The molecule has 10 nitrogen and oxygen atoms in total. The fourth-order valence-electron chi connectivity index (χ4n) is 3.45. The molecule has 0 radical (unpaired) electrons. The first-order valence-electron chi connectivity index (χ1n) is 12.6. The minimum Gasteiger partial charge on any atom is -0.494 e. The largest absolute Gasteiger partial charge is 0.494 e. The van der Waals surface area contributed by atoms with E-state index in [0.29, 0.717) is 22.7 Å². The maximum Gasteiger partial charge on any atom is 0.228 e. The van der Waals surface area contributed by atoms with Crippen molar-refractivity contribution in [3.63, 3.8) is 0 Å². The molecule has 0 spiro atoms. The maximum atomic E-state index is 12.9. The predicted molar refractivity (Wildman–Crippen MR) is 140 cm³/mol. The second-order valence-electron chi connectivity index (χ2n) is 8.52. The van der Waals surface area contributed by atoms with Gasteiger partial charge in [-0.2, -0.15) is 4.36 Å². The average Bonchev–Trinajstić information content (AvgIpc) is 3.68. The van der Waals surface area contributed by atoms with Crippen molar-refractivity contribution < 1.29 is 22.6 Å². The molecule has 2 heterocycles. The van der Waals surface area contributed by atoms with Crippen molar-refractivity contribution >= 4 is 44.4 Å². The summed E-state index contributed by atoms with van der Waals surface area (Å²) in [4.78, 5) is 38.0. The summed E-state index contributed by atoms with van der Waals surface area (Å²) in [5.74, 6) is -0.0150. The minimum absolute atomic E-state index is 0.0523. The van der Waals surface area contributed by atoms with E-state index in [1.807, 2.05) is 0 Å². The Morgan fingerprint density at radius 3 is 2.61 bits per heavy atom. The zero-order valence-electron chi connectivity index (χ0n) is 23.1. The summed E-state index contributed by atoms with van der Waals surface area (Å²) in [6.45, 7) is -2.47. The van der Waals surface area contributed by atoms with Gasteiger partial charge in [-0.05, 0) is 25.0 Å². The van der Waals surface area contributed by atoms with Crippen LogP contribution in [-0.2, 0) is 14.5 Å². The van der Waals surface area contributed by atoms with Crippen molar-refractivity contribution in [2.75, 3.05) is 30.3 Å². The number of methoxy groups -OCH3 is 1. The van der Waals surface area contributed by atoms with Crippen LogP contribution in [0.5, 0.6) is 5.75 Å². The molecule has 1 aliphatic carbocycles. The molecule has 4 rings (SSSR count). The van der Waals surface area contributed by atoms with E-state index in [-0.39, 0.29) is 34.7 Å². The molecule has 2 aromatic heterocycles. The lowest BCUT2D eigenvalue weighted by Crippen LogP contribution is -2.15. The second-order valence-corrected chi connectivity index (χ2v) is 11.1. The topological polar surface area (TPSA) is 136 Å². The first-order valence-corrected chi connectivity index (χ1v) is 13.4. The first kappa shape index (κ1) is 21.4. The van der Waals surface area contributed by atoms with Gasteiger partial charge in [-0.25, -0.2) is 14.2 Å². The van der Waals surface area contributed by atoms with E-state index in [0.717, 1.165) is 12.8 Å². The second kappa shape index (κ2) is 10.4. The molecule has 1 fully saturated rings. The highest BCUT2D eigenvalue weighted by atomic mass is 32.2. The van der Waals surface area contributed by atoms with Gasteiger partial charge in [0, 0.05) is 56.5 Å². The van der Waals surface area contributed by atoms with Crippen LogP contribution >= 0.6 is 0 Å². The Labute approximate surface area is 214 Å². The first-order chi connectivity index (χ1) is 18.3. The summed E-state index contributed by atoms with van der Waals surface area (Å²) < 4.78 is 44.2. The molecule has 11 heteroatoms. The highest BCUT2D eigenvalue weighted by Crippen LogP contribution is 2.38. The number of Topliss-reactive ketones (excluding diaryl/α,β-unsaturated/α-hetero) is 1. The van der Waals surface area contributed by atoms with E-state index < -0.39 is 28.8 Å². The number of para-hydroxylation sites is 1. The summed E-state index contributed by atoms with van der Waals surface area (Å²) in [5, 5.41) is 5.88. The number of carbonyl (C=O) groups excluding carboxylic acids is 2. The van der Waals surface area contributed by atoms with Gasteiger partial charge in [-0.3, -0.25) is 14.6 Å². The Bertz CT molecular complexity index is 1520. The van der Waals surface area contributed by atoms with Crippen molar-refractivity contribution in [2.45, 2.75) is 26.1 Å². The predicted octanol–water partition coefficient (Wildman–Crippen LogP) is 4.59. The number of ketones is 1. The normalized spacial score (nSPS) is 14.7. The van der Waals surface area contributed by atoms with Crippen molar-refractivity contribution in [1.82, 2.24) is 15.0 Å². The van der Waals surface area contributed by atoms with E-state index in [2.05, 4.69) is 29.9 Å². The van der Waals surface area contributed by atoms with E-state index in [9.17, 15) is 13.8 Å². The van der Waals surface area contributed by atoms with Crippen LogP contribution in [0.25, 0.3) is 11.3 Å². The number of hydrogen-bond donors (Lipinski definition) is 2. The molecule has 1 amide bonds. The molecular formula is C25H28N6O4S. The SMILES string of the molecule is [2H]C([2H])([2H])CC(=O)c1cnc(NC(=O)C2CC2)cc1Nc1cccc(-c2cnc(N=S(C)(C)=O)cn2)c1OC. The molecule has 3 aromatic rings. The third-order valence-corrected chi connectivity index (χ3v) is 5.91. The van der Waals surface area contributed by atoms with E-state index in [1.165, 1.54) is 44.3 Å². The van der Waals surface area contributed by atoms with Crippen LogP contribution in [0.1, 0.15) is 40.6 Å². The zero-order chi connectivity index (χ0) is 28.4. The molecule has 2 N–H and O–H groups in total. The lowest BCUT2D eigenvalue weighted by Gasteiger charge is -2.17. The van der Waals surface area contributed by atoms with Gasteiger partial charge in [-0.1, -0.05) is 12.9 Å². The molecule has 0 aliphatic heterocycles. The van der Waals surface area contributed by atoms with Gasteiger partial charge in [0.1, 0.15) is 5.82 Å². The fourth-order valence-corrected chi connectivity index (χ4v) is 4.00. The number of hydrogen-bond acceptors (Lipinski definition) is 9. The van der Waals surface area contributed by atoms with Gasteiger partial charge in [0.15, 0.2) is 17.4 Å². The quantitative estimate of drug-likeness (QED) is 0.398. The molecule has 0 bridgehead atoms. The van der Waals surface area contributed by atoms with Gasteiger partial charge in [-0.15, -0.1) is 0 Å². The van der Waals surface area contributed by atoms with Gasteiger partial charge in [0.05, 0.1) is 42.1 Å². The van der Waals surface area contributed by atoms with Crippen LogP contribution in [0.3, 0.4) is 0 Å². The summed E-state index contributed by atoms with van der Waals surface area (Å²) in [6, 6.07) is 6.71. The monoisotopic (exact) mass is 511 g/mol.